The molecule has 24 heavy (non-hydrogen) atoms. The number of hydrogen-bond acceptors (Lipinski definition) is 5. The summed E-state index contributed by atoms with van der Waals surface area (Å²) in [5.74, 6) is 3.89. The van der Waals surface area contributed by atoms with E-state index in [2.05, 4.69) is 37.9 Å². The van der Waals surface area contributed by atoms with Crippen molar-refractivity contribution in [3.63, 3.8) is 0 Å². The van der Waals surface area contributed by atoms with Gasteiger partial charge in [0, 0.05) is 44.0 Å². The van der Waals surface area contributed by atoms with E-state index in [-0.39, 0.29) is 0 Å². The molecule has 3 unspecified atom stereocenters. The minimum atomic E-state index is 0.722. The molecule has 0 N–H and O–H groups in total. The average Bonchev–Trinajstić information content (AvgIpc) is 3.37. The second-order valence-electron chi connectivity index (χ2n) is 7.70. The third-order valence-corrected chi connectivity index (χ3v) is 6.46. The molecule has 2 aliphatic carbocycles. The van der Waals surface area contributed by atoms with Gasteiger partial charge in [-0.2, -0.15) is 14.6 Å². The molecular formula is C18H26N6. The number of aromatic nitrogens is 4. The summed E-state index contributed by atoms with van der Waals surface area (Å²) in [4.78, 5) is 14.1. The fourth-order valence-electron chi connectivity index (χ4n) is 5.19. The Morgan fingerprint density at radius 1 is 1.12 bits per heavy atom. The molecule has 1 saturated heterocycles. The quantitative estimate of drug-likeness (QED) is 0.863. The fraction of sp³-hybridized carbons (Fsp3) is 0.722. The molecule has 0 amide bonds. The van der Waals surface area contributed by atoms with Gasteiger partial charge in [-0.3, -0.25) is 4.90 Å². The first-order chi connectivity index (χ1) is 11.8. The molecular weight excluding hydrogens is 300 g/mol. The number of nitrogens with zero attached hydrogens (tertiary/aromatic N) is 6. The SMILES string of the molecule is CCc1cc(N2CCN(C3CC4CCC3C4)CC2)n2ncnc2n1. The normalized spacial score (nSPS) is 30.5. The Hall–Kier alpha value is -1.69. The van der Waals surface area contributed by atoms with Crippen LogP contribution in [0.2, 0.25) is 0 Å². The molecule has 3 fully saturated rings. The summed E-state index contributed by atoms with van der Waals surface area (Å²) in [5, 5.41) is 4.38. The molecule has 5 rings (SSSR count). The van der Waals surface area contributed by atoms with E-state index in [0.29, 0.717) is 0 Å². The summed E-state index contributed by atoms with van der Waals surface area (Å²) >= 11 is 0. The summed E-state index contributed by atoms with van der Waals surface area (Å²) in [5.41, 5.74) is 1.10. The topological polar surface area (TPSA) is 49.6 Å². The molecule has 2 aromatic heterocycles. The van der Waals surface area contributed by atoms with Gasteiger partial charge in [0.05, 0.1) is 0 Å². The third kappa shape index (κ3) is 2.31. The van der Waals surface area contributed by atoms with Crippen LogP contribution >= 0.6 is 0 Å². The summed E-state index contributed by atoms with van der Waals surface area (Å²) < 4.78 is 1.90. The van der Waals surface area contributed by atoms with Gasteiger partial charge in [-0.1, -0.05) is 13.3 Å². The predicted octanol–water partition coefficient (Wildman–Crippen LogP) is 2.00. The Balaban J connectivity index is 1.34. The highest BCUT2D eigenvalue weighted by Gasteiger charge is 2.42. The minimum absolute atomic E-state index is 0.722. The zero-order valence-corrected chi connectivity index (χ0v) is 14.4. The maximum atomic E-state index is 4.57. The molecule has 128 valence electrons. The van der Waals surface area contributed by atoms with Crippen molar-refractivity contribution < 1.29 is 0 Å². The minimum Gasteiger partial charge on any atom is -0.354 e. The number of hydrogen-bond donors (Lipinski definition) is 0. The summed E-state index contributed by atoms with van der Waals surface area (Å²) in [7, 11) is 0. The number of piperazine rings is 1. The molecule has 3 aliphatic rings. The highest BCUT2D eigenvalue weighted by molar-refractivity contribution is 5.47. The van der Waals surface area contributed by atoms with Crippen LogP contribution in [0.25, 0.3) is 5.78 Å². The lowest BCUT2D eigenvalue weighted by molar-refractivity contribution is 0.134. The smallest absolute Gasteiger partial charge is 0.254 e. The van der Waals surface area contributed by atoms with Gasteiger partial charge in [0.1, 0.15) is 12.1 Å². The second kappa shape index (κ2) is 5.69. The van der Waals surface area contributed by atoms with E-state index in [1.807, 2.05) is 4.52 Å². The largest absolute Gasteiger partial charge is 0.354 e. The van der Waals surface area contributed by atoms with E-state index in [1.54, 1.807) is 6.33 Å². The van der Waals surface area contributed by atoms with Crippen molar-refractivity contribution in [1.82, 2.24) is 24.5 Å². The fourth-order valence-corrected chi connectivity index (χ4v) is 5.19. The molecule has 6 heteroatoms. The van der Waals surface area contributed by atoms with Crippen LogP contribution < -0.4 is 4.90 Å². The lowest BCUT2D eigenvalue weighted by Crippen LogP contribution is -2.52. The van der Waals surface area contributed by atoms with Crippen LogP contribution in [0.4, 0.5) is 5.82 Å². The van der Waals surface area contributed by atoms with Crippen molar-refractivity contribution in [2.45, 2.75) is 45.1 Å². The van der Waals surface area contributed by atoms with Crippen molar-refractivity contribution in [3.8, 4) is 0 Å². The van der Waals surface area contributed by atoms with Crippen LogP contribution in [0.15, 0.2) is 12.4 Å². The van der Waals surface area contributed by atoms with E-state index < -0.39 is 0 Å². The maximum absolute atomic E-state index is 4.57. The first-order valence-corrected chi connectivity index (χ1v) is 9.50. The first kappa shape index (κ1) is 14.6. The van der Waals surface area contributed by atoms with Crippen LogP contribution in [0.3, 0.4) is 0 Å². The Morgan fingerprint density at radius 3 is 2.71 bits per heavy atom. The van der Waals surface area contributed by atoms with Gasteiger partial charge in [0.15, 0.2) is 0 Å². The standard InChI is InChI=1S/C18H26N6/c1-2-15-11-17(24-18(21-15)19-12-20-24)23-7-5-22(6-8-23)16-10-13-3-4-14(16)9-13/h11-14,16H,2-10H2,1H3. The summed E-state index contributed by atoms with van der Waals surface area (Å²) in [6, 6.07) is 3.05. The Labute approximate surface area is 142 Å². The maximum Gasteiger partial charge on any atom is 0.254 e. The third-order valence-electron chi connectivity index (χ3n) is 6.46. The molecule has 0 radical (unpaired) electrons. The second-order valence-corrected chi connectivity index (χ2v) is 7.70. The first-order valence-electron chi connectivity index (χ1n) is 9.50. The van der Waals surface area contributed by atoms with Crippen LogP contribution in [0, 0.1) is 11.8 Å². The lowest BCUT2D eigenvalue weighted by atomic mass is 9.93. The molecule has 2 saturated carbocycles. The van der Waals surface area contributed by atoms with Crippen molar-refractivity contribution >= 4 is 11.6 Å². The molecule has 0 aromatic carbocycles. The van der Waals surface area contributed by atoms with E-state index >= 15 is 0 Å². The van der Waals surface area contributed by atoms with Crippen LogP contribution in [0.5, 0.6) is 0 Å². The highest BCUT2D eigenvalue weighted by atomic mass is 15.4. The molecule has 1 aliphatic heterocycles. The van der Waals surface area contributed by atoms with E-state index in [9.17, 15) is 0 Å². The van der Waals surface area contributed by atoms with Gasteiger partial charge in [-0.15, -0.1) is 0 Å². The van der Waals surface area contributed by atoms with Gasteiger partial charge < -0.3 is 4.90 Å². The van der Waals surface area contributed by atoms with Gasteiger partial charge in [0.25, 0.3) is 5.78 Å². The molecule has 2 bridgehead atoms. The monoisotopic (exact) mass is 326 g/mol. The van der Waals surface area contributed by atoms with Crippen molar-refractivity contribution in [1.29, 1.82) is 0 Å². The molecule has 6 nitrogen and oxygen atoms in total. The van der Waals surface area contributed by atoms with E-state index in [4.69, 9.17) is 0 Å². The Kier molecular flexibility index (Phi) is 3.47. The van der Waals surface area contributed by atoms with Crippen molar-refractivity contribution in [2.75, 3.05) is 31.1 Å². The Bertz CT molecular complexity index is 732. The average molecular weight is 326 g/mol. The van der Waals surface area contributed by atoms with E-state index in [0.717, 1.165) is 54.7 Å². The lowest BCUT2D eigenvalue weighted by Gasteiger charge is -2.41. The van der Waals surface area contributed by atoms with Crippen LogP contribution in [-0.4, -0.2) is 56.7 Å². The van der Waals surface area contributed by atoms with Crippen LogP contribution in [-0.2, 0) is 6.42 Å². The van der Waals surface area contributed by atoms with Gasteiger partial charge in [0.2, 0.25) is 0 Å². The number of fused-ring (bicyclic) bond motifs is 3. The summed E-state index contributed by atoms with van der Waals surface area (Å²) in [6.45, 7) is 6.65. The number of rotatable bonds is 3. The summed E-state index contributed by atoms with van der Waals surface area (Å²) in [6.07, 6.45) is 8.45. The van der Waals surface area contributed by atoms with Gasteiger partial charge in [-0.05, 0) is 37.5 Å². The molecule has 0 spiro atoms. The predicted molar refractivity (Wildman–Crippen MR) is 93.2 cm³/mol. The number of anilines is 1. The Morgan fingerprint density at radius 2 is 2.00 bits per heavy atom. The van der Waals surface area contributed by atoms with Crippen molar-refractivity contribution in [3.05, 3.63) is 18.1 Å². The van der Waals surface area contributed by atoms with E-state index in [1.165, 1.54) is 38.8 Å². The molecule has 3 heterocycles. The zero-order valence-electron chi connectivity index (χ0n) is 14.4. The van der Waals surface area contributed by atoms with Gasteiger partial charge in [-0.25, -0.2) is 4.98 Å². The number of aryl methyl sites for hydroxylation is 1. The zero-order chi connectivity index (χ0) is 16.1. The van der Waals surface area contributed by atoms with Crippen molar-refractivity contribution in [2.24, 2.45) is 11.8 Å². The highest BCUT2D eigenvalue weighted by Crippen LogP contribution is 2.46. The van der Waals surface area contributed by atoms with Crippen LogP contribution in [0.1, 0.15) is 38.3 Å². The molecule has 2 aromatic rings. The van der Waals surface area contributed by atoms with Gasteiger partial charge >= 0.3 is 0 Å². The molecule has 3 atom stereocenters.